The van der Waals surface area contributed by atoms with Crippen LogP contribution in [0.25, 0.3) is 0 Å². The predicted octanol–water partition coefficient (Wildman–Crippen LogP) is -1.70. The fourth-order valence-electron chi connectivity index (χ4n) is 0.466. The smallest absolute Gasteiger partial charge is 0.237 e. The highest BCUT2D eigenvalue weighted by Gasteiger charge is 2.11. The molecule has 1 radical (unpaired) electrons. The van der Waals surface area contributed by atoms with Crippen molar-refractivity contribution in [2.24, 2.45) is 0 Å². The third-order valence-corrected chi connectivity index (χ3v) is 1.51. The summed E-state index contributed by atoms with van der Waals surface area (Å²) in [6.45, 7) is 3.04. The van der Waals surface area contributed by atoms with Crippen LogP contribution in [-0.2, 0) is 14.6 Å². The molecule has 0 aliphatic rings. The Hall–Kier alpha value is -0.620. The lowest BCUT2D eigenvalue weighted by atomic mass is 10.6. The summed E-state index contributed by atoms with van der Waals surface area (Å²) in [4.78, 5) is 10.6. The number of aliphatic hydroxyl groups excluding tert-OH is 1. The van der Waals surface area contributed by atoms with Crippen LogP contribution in [0.15, 0.2) is 0 Å². The summed E-state index contributed by atoms with van der Waals surface area (Å²) in [7, 11) is -3.32. The van der Waals surface area contributed by atoms with Crippen LogP contribution in [0.1, 0.15) is 0 Å². The van der Waals surface area contributed by atoms with Crippen molar-refractivity contribution >= 4 is 15.7 Å². The van der Waals surface area contributed by atoms with Crippen molar-refractivity contribution < 1.29 is 18.3 Å². The van der Waals surface area contributed by atoms with Crippen molar-refractivity contribution in [3.05, 3.63) is 6.92 Å². The normalized spacial score (nSPS) is 14.1. The van der Waals surface area contributed by atoms with Gasteiger partial charge in [0, 0.05) is 6.26 Å². The van der Waals surface area contributed by atoms with Gasteiger partial charge in [0.1, 0.15) is 12.0 Å². The van der Waals surface area contributed by atoms with Crippen LogP contribution in [0.3, 0.4) is 0 Å². The number of rotatable bonds is 3. The lowest BCUT2D eigenvalue weighted by Gasteiger charge is -2.05. The lowest BCUT2D eigenvalue weighted by Crippen LogP contribution is -2.36. The average molecular weight is 180 g/mol. The molecule has 0 saturated heterocycles. The van der Waals surface area contributed by atoms with Crippen LogP contribution in [0.4, 0.5) is 0 Å². The van der Waals surface area contributed by atoms with Crippen molar-refractivity contribution in [2.45, 2.75) is 6.23 Å². The quantitative estimate of drug-likeness (QED) is 0.507. The van der Waals surface area contributed by atoms with Crippen LogP contribution < -0.4 is 5.32 Å². The third kappa shape index (κ3) is 7.27. The Morgan fingerprint density at radius 2 is 2.18 bits per heavy atom. The van der Waals surface area contributed by atoms with E-state index in [0.717, 1.165) is 6.26 Å². The minimum Gasteiger partial charge on any atom is -0.374 e. The molecule has 0 aromatic heterocycles. The molecular weight excluding hydrogens is 170 g/mol. The number of amides is 1. The number of sulfone groups is 1. The molecule has 0 fully saturated rings. The zero-order valence-corrected chi connectivity index (χ0v) is 6.89. The first kappa shape index (κ1) is 10.4. The summed E-state index contributed by atoms with van der Waals surface area (Å²) in [6, 6.07) is 0. The molecule has 11 heavy (non-hydrogen) atoms. The second-order valence-electron chi connectivity index (χ2n) is 2.15. The average Bonchev–Trinajstić information content (AvgIpc) is 1.53. The maximum absolute atomic E-state index is 10.6. The topological polar surface area (TPSA) is 83.5 Å². The van der Waals surface area contributed by atoms with Gasteiger partial charge in [-0.25, -0.2) is 8.42 Å². The fraction of sp³-hybridized carbons (Fsp3) is 0.600. The molecule has 0 aromatic rings. The van der Waals surface area contributed by atoms with E-state index >= 15 is 0 Å². The Morgan fingerprint density at radius 3 is 2.45 bits per heavy atom. The number of hydrogen-bond acceptors (Lipinski definition) is 4. The highest BCUT2D eigenvalue weighted by atomic mass is 32.2. The van der Waals surface area contributed by atoms with Crippen molar-refractivity contribution in [3.63, 3.8) is 0 Å². The Labute approximate surface area is 65.3 Å². The van der Waals surface area contributed by atoms with Gasteiger partial charge in [-0.05, 0) is 6.92 Å². The van der Waals surface area contributed by atoms with Gasteiger partial charge in [0.15, 0.2) is 9.84 Å². The van der Waals surface area contributed by atoms with E-state index in [1.165, 1.54) is 0 Å². The van der Waals surface area contributed by atoms with E-state index in [0.29, 0.717) is 0 Å². The Balaban J connectivity index is 3.91. The van der Waals surface area contributed by atoms with Gasteiger partial charge in [-0.2, -0.15) is 0 Å². The fourth-order valence-corrected chi connectivity index (χ4v) is 1.03. The summed E-state index contributed by atoms with van der Waals surface area (Å²) in [5, 5.41) is 10.4. The van der Waals surface area contributed by atoms with Gasteiger partial charge in [0.2, 0.25) is 5.91 Å². The largest absolute Gasteiger partial charge is 0.374 e. The molecule has 0 aliphatic heterocycles. The van der Waals surface area contributed by atoms with E-state index in [4.69, 9.17) is 5.11 Å². The van der Waals surface area contributed by atoms with Gasteiger partial charge in [-0.1, -0.05) is 0 Å². The number of aliphatic hydroxyl groups is 1. The second kappa shape index (κ2) is 3.68. The van der Waals surface area contributed by atoms with Gasteiger partial charge in [0.05, 0.1) is 0 Å². The van der Waals surface area contributed by atoms with Crippen molar-refractivity contribution in [1.29, 1.82) is 0 Å². The highest BCUT2D eigenvalue weighted by Crippen LogP contribution is 1.82. The van der Waals surface area contributed by atoms with Gasteiger partial charge in [-0.15, -0.1) is 0 Å². The van der Waals surface area contributed by atoms with Gasteiger partial charge in [0.25, 0.3) is 0 Å². The molecular formula is C5H10NO4S. The first-order valence-electron chi connectivity index (χ1n) is 2.79. The zero-order valence-electron chi connectivity index (χ0n) is 6.07. The van der Waals surface area contributed by atoms with E-state index in [1.54, 1.807) is 0 Å². The minimum atomic E-state index is -3.32. The standard InChI is InChI=1S/C5H10NO4S/c1-4(7)6-5(8)3-11(2,9)10/h4,7H,1,3H2,2H3,(H,6,8). The first-order chi connectivity index (χ1) is 4.81. The van der Waals surface area contributed by atoms with Gasteiger partial charge >= 0.3 is 0 Å². The first-order valence-corrected chi connectivity index (χ1v) is 4.85. The van der Waals surface area contributed by atoms with E-state index in [1.807, 2.05) is 5.32 Å². The Bertz CT molecular complexity index is 231. The number of carbonyl (C=O) groups is 1. The molecule has 0 heterocycles. The predicted molar refractivity (Wildman–Crippen MR) is 39.2 cm³/mol. The molecule has 2 N–H and O–H groups in total. The summed E-state index contributed by atoms with van der Waals surface area (Å²) in [5.41, 5.74) is 0. The maximum atomic E-state index is 10.6. The molecule has 1 amide bonds. The van der Waals surface area contributed by atoms with Crippen LogP contribution in [0, 0.1) is 6.92 Å². The van der Waals surface area contributed by atoms with Crippen molar-refractivity contribution in [2.75, 3.05) is 12.0 Å². The molecule has 1 unspecified atom stereocenters. The SMILES string of the molecule is [CH2]C(O)NC(=O)CS(C)(=O)=O. The van der Waals surface area contributed by atoms with E-state index in [2.05, 4.69) is 6.92 Å². The summed E-state index contributed by atoms with van der Waals surface area (Å²) in [6.07, 6.45) is -0.327. The summed E-state index contributed by atoms with van der Waals surface area (Å²) < 4.78 is 20.9. The zero-order chi connectivity index (χ0) is 9.07. The summed E-state index contributed by atoms with van der Waals surface area (Å²) in [5.74, 6) is -1.38. The van der Waals surface area contributed by atoms with E-state index < -0.39 is 27.7 Å². The molecule has 65 valence electrons. The van der Waals surface area contributed by atoms with E-state index in [9.17, 15) is 13.2 Å². The molecule has 0 bridgehead atoms. The second-order valence-corrected chi connectivity index (χ2v) is 4.29. The van der Waals surface area contributed by atoms with E-state index in [-0.39, 0.29) is 0 Å². The minimum absolute atomic E-state index is 0.625. The van der Waals surface area contributed by atoms with Crippen molar-refractivity contribution in [3.8, 4) is 0 Å². The van der Waals surface area contributed by atoms with Crippen molar-refractivity contribution in [1.82, 2.24) is 5.32 Å². The van der Waals surface area contributed by atoms with Crippen LogP contribution in [0.2, 0.25) is 0 Å². The molecule has 0 saturated carbocycles. The molecule has 0 rings (SSSR count). The molecule has 0 aliphatic carbocycles. The highest BCUT2D eigenvalue weighted by molar-refractivity contribution is 7.91. The third-order valence-electron chi connectivity index (χ3n) is 0.721. The summed E-state index contributed by atoms with van der Waals surface area (Å²) >= 11 is 0. The molecule has 1 atom stereocenters. The number of carbonyl (C=O) groups excluding carboxylic acids is 1. The monoisotopic (exact) mass is 180 g/mol. The van der Waals surface area contributed by atoms with Crippen LogP contribution in [-0.4, -0.2) is 37.7 Å². The van der Waals surface area contributed by atoms with Gasteiger partial charge in [-0.3, -0.25) is 4.79 Å². The Morgan fingerprint density at radius 1 is 1.73 bits per heavy atom. The molecule has 0 spiro atoms. The molecule has 5 nitrogen and oxygen atoms in total. The Kier molecular flexibility index (Phi) is 3.47. The number of nitrogens with one attached hydrogen (secondary N) is 1. The number of hydrogen-bond donors (Lipinski definition) is 2. The lowest BCUT2D eigenvalue weighted by molar-refractivity contribution is -0.120. The van der Waals surface area contributed by atoms with Crippen LogP contribution >= 0.6 is 0 Å². The molecule has 0 aromatic carbocycles. The maximum Gasteiger partial charge on any atom is 0.237 e. The van der Waals surface area contributed by atoms with Crippen LogP contribution in [0.5, 0.6) is 0 Å². The van der Waals surface area contributed by atoms with Gasteiger partial charge < -0.3 is 10.4 Å². The molecule has 6 heteroatoms.